The molecular formula is C28H27N3O7S. The zero-order valence-corrected chi connectivity index (χ0v) is 22.7. The summed E-state index contributed by atoms with van der Waals surface area (Å²) in [5.41, 5.74) is 1.21. The Morgan fingerprint density at radius 3 is 2.46 bits per heavy atom. The number of carbonyl (C=O) groups is 1. The predicted molar refractivity (Wildman–Crippen MR) is 144 cm³/mol. The fourth-order valence-corrected chi connectivity index (χ4v) is 5.11. The topological polar surface area (TPSA) is 121 Å². The maximum atomic E-state index is 13.8. The third-order valence-electron chi connectivity index (χ3n) is 5.79. The Morgan fingerprint density at radius 1 is 1.05 bits per heavy atom. The number of rotatable bonds is 10. The maximum Gasteiger partial charge on any atom is 0.337 e. The number of benzene rings is 2. The van der Waals surface area contributed by atoms with Crippen LogP contribution in [-0.4, -0.2) is 44.6 Å². The molecule has 1 aromatic heterocycles. The average Bonchev–Trinajstić information content (AvgIpc) is 3.27. The van der Waals surface area contributed by atoms with E-state index in [0.717, 1.165) is 0 Å². The van der Waals surface area contributed by atoms with Gasteiger partial charge in [-0.15, -0.1) is 0 Å². The molecule has 0 saturated carbocycles. The number of nitrogens with zero attached hydrogens (tertiary/aromatic N) is 3. The number of nitriles is 1. The minimum absolute atomic E-state index is 0.118. The second-order valence-corrected chi connectivity index (χ2v) is 9.11. The molecule has 0 spiro atoms. The fourth-order valence-electron chi connectivity index (χ4n) is 4.14. The van der Waals surface area contributed by atoms with Crippen LogP contribution < -0.4 is 33.8 Å². The number of carbonyl (C=O) groups excluding carboxylic acids is 1. The zero-order valence-electron chi connectivity index (χ0n) is 21.9. The number of hydrogen-bond donors (Lipinski definition) is 0. The Hall–Kier alpha value is -4.56. The third kappa shape index (κ3) is 5.66. The number of thiazole rings is 1. The molecule has 0 amide bonds. The lowest BCUT2D eigenvalue weighted by Gasteiger charge is -2.23. The number of esters is 1. The zero-order chi connectivity index (χ0) is 27.9. The van der Waals surface area contributed by atoms with Gasteiger partial charge in [-0.3, -0.25) is 9.36 Å². The van der Waals surface area contributed by atoms with Gasteiger partial charge in [-0.1, -0.05) is 23.5 Å². The molecule has 1 atom stereocenters. The van der Waals surface area contributed by atoms with Gasteiger partial charge in [0.05, 0.1) is 43.6 Å². The van der Waals surface area contributed by atoms with Crippen LogP contribution in [0.3, 0.4) is 0 Å². The van der Waals surface area contributed by atoms with Crippen molar-refractivity contribution in [3.05, 3.63) is 79.0 Å². The molecule has 0 radical (unpaired) electrons. The van der Waals surface area contributed by atoms with Crippen molar-refractivity contribution in [2.45, 2.75) is 19.9 Å². The summed E-state index contributed by atoms with van der Waals surface area (Å²) in [6, 6.07) is 11.6. The highest BCUT2D eigenvalue weighted by atomic mass is 32.1. The Labute approximate surface area is 228 Å². The third-order valence-corrected chi connectivity index (χ3v) is 6.78. The van der Waals surface area contributed by atoms with Crippen molar-refractivity contribution >= 4 is 23.4 Å². The second-order valence-electron chi connectivity index (χ2n) is 8.11. The summed E-state index contributed by atoms with van der Waals surface area (Å²) in [6.45, 7) is 4.49. The number of ether oxygens (including phenoxy) is 5. The molecule has 11 heteroatoms. The first-order valence-corrected chi connectivity index (χ1v) is 12.9. The van der Waals surface area contributed by atoms with Crippen molar-refractivity contribution in [3.63, 3.8) is 0 Å². The number of aromatic nitrogens is 1. The Balaban J connectivity index is 1.85. The quantitative estimate of drug-likeness (QED) is 0.354. The smallest absolute Gasteiger partial charge is 0.337 e. The number of fused-ring (bicyclic) bond motifs is 1. The standard InChI is InChI=1S/C28H27N3O7S/c1-5-36-21-10-8-18(15-23(21)37-6-2)25-19(27(33)35-4)16-30-28-31(25)26(32)24(39-28)14-17-7-9-20(38-12-11-29)22(13-17)34-3/h7-10,13-16,25H,5-6,12H2,1-4H3/b24-14-/t25-/m0/s1. The first-order valence-electron chi connectivity index (χ1n) is 12.1. The van der Waals surface area contributed by atoms with Crippen LogP contribution in [-0.2, 0) is 9.53 Å². The van der Waals surface area contributed by atoms with Crippen LogP contribution in [0.2, 0.25) is 0 Å². The lowest BCUT2D eigenvalue weighted by atomic mass is 9.97. The van der Waals surface area contributed by atoms with E-state index in [9.17, 15) is 9.59 Å². The lowest BCUT2D eigenvalue weighted by Crippen LogP contribution is -2.39. The van der Waals surface area contributed by atoms with Crippen LogP contribution in [0.15, 0.2) is 58.0 Å². The number of methoxy groups -OCH3 is 2. The highest BCUT2D eigenvalue weighted by Crippen LogP contribution is 2.35. The van der Waals surface area contributed by atoms with E-state index in [0.29, 0.717) is 56.7 Å². The van der Waals surface area contributed by atoms with Crippen LogP contribution in [0, 0.1) is 11.3 Å². The summed E-state index contributed by atoms with van der Waals surface area (Å²) < 4.78 is 29.1. The molecule has 202 valence electrons. The van der Waals surface area contributed by atoms with Gasteiger partial charge in [0, 0.05) is 6.20 Å². The molecule has 39 heavy (non-hydrogen) atoms. The fraction of sp³-hybridized carbons (Fsp3) is 0.286. The first-order chi connectivity index (χ1) is 18.9. The molecule has 0 N–H and O–H groups in total. The molecule has 4 rings (SSSR count). The van der Waals surface area contributed by atoms with Crippen molar-refractivity contribution in [1.29, 1.82) is 5.26 Å². The molecule has 1 aliphatic heterocycles. The highest BCUT2D eigenvalue weighted by molar-refractivity contribution is 7.07. The summed E-state index contributed by atoms with van der Waals surface area (Å²) in [7, 11) is 2.78. The van der Waals surface area contributed by atoms with Crippen LogP contribution in [0.25, 0.3) is 6.08 Å². The molecule has 3 aromatic rings. The van der Waals surface area contributed by atoms with Gasteiger partial charge in [-0.25, -0.2) is 9.79 Å². The van der Waals surface area contributed by atoms with Crippen molar-refractivity contribution < 1.29 is 28.5 Å². The van der Waals surface area contributed by atoms with E-state index in [1.165, 1.54) is 36.3 Å². The first kappa shape index (κ1) is 27.5. The monoisotopic (exact) mass is 549 g/mol. The van der Waals surface area contributed by atoms with Crippen LogP contribution in [0.5, 0.6) is 23.0 Å². The molecule has 2 aromatic carbocycles. The van der Waals surface area contributed by atoms with Gasteiger partial charge < -0.3 is 23.7 Å². The van der Waals surface area contributed by atoms with E-state index in [2.05, 4.69) is 4.99 Å². The predicted octanol–water partition coefficient (Wildman–Crippen LogP) is 2.73. The van der Waals surface area contributed by atoms with E-state index >= 15 is 0 Å². The van der Waals surface area contributed by atoms with Gasteiger partial charge in [0.1, 0.15) is 6.07 Å². The molecular weight excluding hydrogens is 522 g/mol. The van der Waals surface area contributed by atoms with Gasteiger partial charge in [-0.2, -0.15) is 5.26 Å². The average molecular weight is 550 g/mol. The molecule has 0 saturated heterocycles. The van der Waals surface area contributed by atoms with Crippen molar-refractivity contribution in [1.82, 2.24) is 4.57 Å². The Kier molecular flexibility index (Phi) is 8.68. The van der Waals surface area contributed by atoms with Crippen molar-refractivity contribution in [3.8, 4) is 29.1 Å². The van der Waals surface area contributed by atoms with Crippen molar-refractivity contribution in [2.24, 2.45) is 4.99 Å². The van der Waals surface area contributed by atoms with Crippen LogP contribution >= 0.6 is 11.3 Å². The Morgan fingerprint density at radius 2 is 1.77 bits per heavy atom. The molecule has 0 unspecified atom stereocenters. The van der Waals surface area contributed by atoms with Crippen LogP contribution in [0.1, 0.15) is 31.0 Å². The molecule has 0 aliphatic carbocycles. The van der Waals surface area contributed by atoms with Crippen molar-refractivity contribution in [2.75, 3.05) is 34.0 Å². The van der Waals surface area contributed by atoms with E-state index in [-0.39, 0.29) is 17.7 Å². The van der Waals surface area contributed by atoms with E-state index in [4.69, 9.17) is 28.9 Å². The summed E-state index contributed by atoms with van der Waals surface area (Å²) in [5.74, 6) is 1.32. The SMILES string of the molecule is CCOc1ccc([C@H]2C(C(=O)OC)=CN=c3s/c(=C\c4ccc(OCC#N)c(OC)c4)c(=O)n32)cc1OCC. The lowest BCUT2D eigenvalue weighted by molar-refractivity contribution is -0.136. The molecule has 0 bridgehead atoms. The van der Waals surface area contributed by atoms with Gasteiger partial charge in [0.15, 0.2) is 34.4 Å². The Bertz CT molecular complexity index is 1630. The largest absolute Gasteiger partial charge is 0.493 e. The summed E-state index contributed by atoms with van der Waals surface area (Å²) in [6.07, 6.45) is 3.15. The molecule has 1 aliphatic rings. The normalized spacial score (nSPS) is 14.4. The minimum Gasteiger partial charge on any atom is -0.493 e. The van der Waals surface area contributed by atoms with Gasteiger partial charge in [0.25, 0.3) is 5.56 Å². The summed E-state index contributed by atoms with van der Waals surface area (Å²) in [4.78, 5) is 31.3. The van der Waals surface area contributed by atoms with E-state index < -0.39 is 12.0 Å². The maximum absolute atomic E-state index is 13.8. The van der Waals surface area contributed by atoms with E-state index in [1.807, 2.05) is 19.9 Å². The van der Waals surface area contributed by atoms with Gasteiger partial charge in [-0.05, 0) is 55.3 Å². The molecule has 10 nitrogen and oxygen atoms in total. The van der Waals surface area contributed by atoms with E-state index in [1.54, 1.807) is 42.5 Å². The second kappa shape index (κ2) is 12.3. The number of hydrogen-bond acceptors (Lipinski definition) is 10. The summed E-state index contributed by atoms with van der Waals surface area (Å²) in [5, 5.41) is 8.79. The van der Waals surface area contributed by atoms with Gasteiger partial charge in [0.2, 0.25) is 0 Å². The van der Waals surface area contributed by atoms with Crippen LogP contribution in [0.4, 0.5) is 0 Å². The molecule has 2 heterocycles. The summed E-state index contributed by atoms with van der Waals surface area (Å²) >= 11 is 1.19. The highest BCUT2D eigenvalue weighted by Gasteiger charge is 2.31. The van der Waals surface area contributed by atoms with Gasteiger partial charge >= 0.3 is 5.97 Å². The molecule has 0 fully saturated rings. The minimum atomic E-state index is -0.790.